The predicted octanol–water partition coefficient (Wildman–Crippen LogP) is 2.74. The van der Waals surface area contributed by atoms with Gasteiger partial charge in [-0.05, 0) is 18.6 Å². The van der Waals surface area contributed by atoms with E-state index in [4.69, 9.17) is 0 Å². The maximum absolute atomic E-state index is 10.4. The van der Waals surface area contributed by atoms with Gasteiger partial charge in [0.2, 0.25) is 5.56 Å². The van der Waals surface area contributed by atoms with E-state index in [0.717, 1.165) is 5.56 Å². The van der Waals surface area contributed by atoms with E-state index in [-0.39, 0.29) is 5.56 Å². The van der Waals surface area contributed by atoms with Gasteiger partial charge in [0.25, 0.3) is 0 Å². The summed E-state index contributed by atoms with van der Waals surface area (Å²) in [4.78, 5) is 13.0. The second-order valence-corrected chi connectivity index (χ2v) is 1.73. The van der Waals surface area contributed by atoms with Crippen LogP contribution in [0.5, 0.6) is 0 Å². The van der Waals surface area contributed by atoms with Crippen LogP contribution in [0.2, 0.25) is 0 Å². The van der Waals surface area contributed by atoms with E-state index in [1.165, 1.54) is 0 Å². The Morgan fingerprint density at radius 3 is 1.92 bits per heavy atom. The van der Waals surface area contributed by atoms with E-state index >= 15 is 0 Å². The minimum Gasteiger partial charge on any atom is -0.329 e. The Morgan fingerprint density at radius 1 is 1.17 bits per heavy atom. The van der Waals surface area contributed by atoms with Crippen molar-refractivity contribution in [1.82, 2.24) is 4.98 Å². The van der Waals surface area contributed by atoms with Gasteiger partial charge in [-0.3, -0.25) is 4.79 Å². The van der Waals surface area contributed by atoms with Crippen LogP contribution in [-0.2, 0) is 0 Å². The van der Waals surface area contributed by atoms with Gasteiger partial charge in [-0.15, -0.1) is 0 Å². The van der Waals surface area contributed by atoms with Gasteiger partial charge in [0.15, 0.2) is 0 Å². The first-order valence-corrected chi connectivity index (χ1v) is 4.44. The number of hydrogen-bond donors (Lipinski definition) is 1. The lowest BCUT2D eigenvalue weighted by Gasteiger charge is -1.83. The van der Waals surface area contributed by atoms with E-state index in [9.17, 15) is 4.79 Å². The molecule has 0 aliphatic heterocycles. The smallest absolute Gasteiger partial charge is 0.248 e. The molecule has 0 aromatic carbocycles. The van der Waals surface area contributed by atoms with E-state index in [1.54, 1.807) is 12.3 Å². The number of aromatic nitrogens is 1. The molecule has 0 atom stereocenters. The number of aromatic amines is 1. The molecule has 12 heavy (non-hydrogen) atoms. The predicted molar refractivity (Wildman–Crippen MR) is 54.5 cm³/mol. The van der Waals surface area contributed by atoms with Crippen LogP contribution in [0.25, 0.3) is 0 Å². The summed E-state index contributed by atoms with van der Waals surface area (Å²) in [7, 11) is 0. The maximum atomic E-state index is 10.4. The lowest BCUT2D eigenvalue weighted by Crippen LogP contribution is -2.01. The van der Waals surface area contributed by atoms with Crippen LogP contribution in [-0.4, -0.2) is 4.98 Å². The van der Waals surface area contributed by atoms with Crippen molar-refractivity contribution >= 4 is 0 Å². The zero-order valence-electron chi connectivity index (χ0n) is 8.64. The lowest BCUT2D eigenvalue weighted by atomic mass is 10.3. The molecule has 0 radical (unpaired) electrons. The molecule has 1 N–H and O–H groups in total. The summed E-state index contributed by atoms with van der Waals surface area (Å²) in [5.74, 6) is 0. The normalized spacial score (nSPS) is 7.08. The van der Waals surface area contributed by atoms with Crippen LogP contribution in [0.4, 0.5) is 0 Å². The molecule has 0 aliphatic rings. The van der Waals surface area contributed by atoms with Gasteiger partial charge < -0.3 is 4.98 Å². The molecular weight excluding hydrogens is 150 g/mol. The van der Waals surface area contributed by atoms with Gasteiger partial charge in [0.1, 0.15) is 0 Å². The van der Waals surface area contributed by atoms with Crippen molar-refractivity contribution < 1.29 is 0 Å². The van der Waals surface area contributed by atoms with Gasteiger partial charge in [0.05, 0.1) is 0 Å². The number of hydrogen-bond acceptors (Lipinski definition) is 1. The molecule has 1 rings (SSSR count). The van der Waals surface area contributed by atoms with Gasteiger partial charge in [0, 0.05) is 12.3 Å². The minimum atomic E-state index is -0.0370. The Hall–Kier alpha value is -1.05. The van der Waals surface area contributed by atoms with E-state index < -0.39 is 0 Å². The number of H-pyrrole nitrogens is 1. The number of aryl methyl sites for hydroxylation is 1. The topological polar surface area (TPSA) is 32.9 Å². The van der Waals surface area contributed by atoms with Crippen LogP contribution in [0, 0.1) is 6.92 Å². The minimum absolute atomic E-state index is 0.0370. The summed E-state index contributed by atoms with van der Waals surface area (Å²) in [5.41, 5.74) is 0.957. The fourth-order valence-corrected chi connectivity index (χ4v) is 0.552. The molecule has 0 amide bonds. The van der Waals surface area contributed by atoms with Crippen molar-refractivity contribution in [2.45, 2.75) is 34.6 Å². The molecule has 0 spiro atoms. The Bertz CT molecular complexity index is 227. The molecule has 1 heterocycles. The molecule has 70 valence electrons. The number of pyridine rings is 1. The second kappa shape index (κ2) is 9.95. The van der Waals surface area contributed by atoms with Gasteiger partial charge >= 0.3 is 0 Å². The lowest BCUT2D eigenvalue weighted by molar-refractivity contribution is 1.21. The summed E-state index contributed by atoms with van der Waals surface area (Å²) in [6, 6.07) is 3.40. The van der Waals surface area contributed by atoms with Crippen molar-refractivity contribution in [2.75, 3.05) is 0 Å². The van der Waals surface area contributed by atoms with Gasteiger partial charge in [-0.1, -0.05) is 27.7 Å². The summed E-state index contributed by atoms with van der Waals surface area (Å²) in [6.45, 7) is 9.88. The Morgan fingerprint density at radius 2 is 1.67 bits per heavy atom. The van der Waals surface area contributed by atoms with Crippen LogP contribution >= 0.6 is 0 Å². The van der Waals surface area contributed by atoms with Gasteiger partial charge in [-0.25, -0.2) is 0 Å². The van der Waals surface area contributed by atoms with E-state index in [1.807, 2.05) is 40.7 Å². The van der Waals surface area contributed by atoms with Crippen LogP contribution < -0.4 is 5.56 Å². The molecule has 1 aromatic heterocycles. The molecule has 1 aromatic rings. The third-order valence-electron chi connectivity index (χ3n) is 0.931. The van der Waals surface area contributed by atoms with Crippen molar-refractivity contribution in [1.29, 1.82) is 0 Å². The fourth-order valence-electron chi connectivity index (χ4n) is 0.552. The first kappa shape index (κ1) is 13.5. The quantitative estimate of drug-likeness (QED) is 0.636. The number of rotatable bonds is 0. The van der Waals surface area contributed by atoms with Crippen molar-refractivity contribution in [2.24, 2.45) is 0 Å². The summed E-state index contributed by atoms with van der Waals surface area (Å²) < 4.78 is 0. The molecule has 2 heteroatoms. The largest absolute Gasteiger partial charge is 0.329 e. The maximum Gasteiger partial charge on any atom is 0.248 e. The molecule has 0 saturated heterocycles. The highest BCUT2D eigenvalue weighted by molar-refractivity contribution is 5.06. The fraction of sp³-hybridized carbons (Fsp3) is 0.500. The monoisotopic (exact) mass is 169 g/mol. The Balaban J connectivity index is 0. The van der Waals surface area contributed by atoms with Crippen LogP contribution in [0.3, 0.4) is 0 Å². The van der Waals surface area contributed by atoms with Gasteiger partial charge in [-0.2, -0.15) is 0 Å². The third kappa shape index (κ3) is 7.06. The second-order valence-electron chi connectivity index (χ2n) is 1.73. The van der Waals surface area contributed by atoms with Crippen molar-refractivity contribution in [3.63, 3.8) is 0 Å². The highest BCUT2D eigenvalue weighted by atomic mass is 16.1. The molecule has 0 unspecified atom stereocenters. The molecule has 0 aliphatic carbocycles. The standard InChI is InChI=1S/C6H7NO.2C2H6/c1-5-2-3-7-6(8)4-5;2*1-2/h2-4H,1H3,(H,7,8);2*1-2H3. The highest BCUT2D eigenvalue weighted by Crippen LogP contribution is 1.84. The first-order chi connectivity index (χ1) is 5.79. The Labute approximate surface area is 74.6 Å². The summed E-state index contributed by atoms with van der Waals surface area (Å²) in [5, 5.41) is 0. The zero-order valence-corrected chi connectivity index (χ0v) is 8.64. The zero-order chi connectivity index (χ0) is 9.98. The number of nitrogens with one attached hydrogen (secondary N) is 1. The van der Waals surface area contributed by atoms with Crippen molar-refractivity contribution in [3.05, 3.63) is 34.2 Å². The highest BCUT2D eigenvalue weighted by Gasteiger charge is 1.80. The first-order valence-electron chi connectivity index (χ1n) is 4.44. The van der Waals surface area contributed by atoms with Crippen LogP contribution in [0.1, 0.15) is 33.3 Å². The van der Waals surface area contributed by atoms with E-state index in [2.05, 4.69) is 4.98 Å². The summed E-state index contributed by atoms with van der Waals surface area (Å²) >= 11 is 0. The molecular formula is C10H19NO. The molecule has 0 fully saturated rings. The molecule has 0 saturated carbocycles. The SMILES string of the molecule is CC.CC.Cc1cc[nH]c(=O)c1. The molecule has 2 nitrogen and oxygen atoms in total. The molecule has 0 bridgehead atoms. The average molecular weight is 169 g/mol. The summed E-state index contributed by atoms with van der Waals surface area (Å²) in [6.07, 6.45) is 1.64. The van der Waals surface area contributed by atoms with Crippen LogP contribution in [0.15, 0.2) is 23.1 Å². The average Bonchev–Trinajstić information content (AvgIpc) is 2.11. The van der Waals surface area contributed by atoms with E-state index in [0.29, 0.717) is 0 Å². The Kier molecular flexibility index (Phi) is 11.2. The van der Waals surface area contributed by atoms with Crippen molar-refractivity contribution in [3.8, 4) is 0 Å². The third-order valence-corrected chi connectivity index (χ3v) is 0.931.